The van der Waals surface area contributed by atoms with Gasteiger partial charge < -0.3 is 11.1 Å². The van der Waals surface area contributed by atoms with Gasteiger partial charge in [-0.1, -0.05) is 0 Å². The summed E-state index contributed by atoms with van der Waals surface area (Å²) in [4.78, 5) is 3.85. The average Bonchev–Trinajstić information content (AvgIpc) is 2.63. The molecule has 0 aliphatic heterocycles. The van der Waals surface area contributed by atoms with Crippen molar-refractivity contribution in [2.24, 2.45) is 0 Å². The monoisotopic (exact) mass is 207 g/mol. The minimum atomic E-state index is -0.358. The number of anilines is 2. The Morgan fingerprint density at radius 3 is 2.87 bits per heavy atom. The van der Waals surface area contributed by atoms with Gasteiger partial charge in [-0.15, -0.1) is 0 Å². The molecule has 0 aliphatic rings. The molecule has 0 spiro atoms. The number of nitrogens with two attached hydrogens (primary N) is 1. The van der Waals surface area contributed by atoms with Crippen LogP contribution in [0.1, 0.15) is 5.56 Å². The first-order chi connectivity index (χ1) is 7.25. The fraction of sp³-hybridized carbons (Fsp3) is 0.111. The lowest BCUT2D eigenvalue weighted by molar-refractivity contribution is 0.621. The molecular formula is C9H10FN5. The normalized spacial score (nSPS) is 10.2. The number of nitrogens with one attached hydrogen (secondary N) is 2. The second-order valence-electron chi connectivity index (χ2n) is 3.02. The molecule has 0 atom stereocenters. The van der Waals surface area contributed by atoms with E-state index in [1.165, 1.54) is 6.07 Å². The molecule has 0 saturated heterocycles. The van der Waals surface area contributed by atoms with E-state index in [2.05, 4.69) is 20.5 Å². The Labute approximate surface area is 85.5 Å². The summed E-state index contributed by atoms with van der Waals surface area (Å²) < 4.78 is 12.5. The van der Waals surface area contributed by atoms with Crippen molar-refractivity contribution < 1.29 is 4.39 Å². The van der Waals surface area contributed by atoms with Crippen LogP contribution in [0.2, 0.25) is 0 Å². The van der Waals surface area contributed by atoms with Crippen LogP contribution in [0.15, 0.2) is 24.5 Å². The van der Waals surface area contributed by atoms with Crippen molar-refractivity contribution in [1.29, 1.82) is 0 Å². The summed E-state index contributed by atoms with van der Waals surface area (Å²) in [5, 5.41) is 9.40. The van der Waals surface area contributed by atoms with Crippen LogP contribution in [0.3, 0.4) is 0 Å². The van der Waals surface area contributed by atoms with E-state index in [1.54, 1.807) is 12.3 Å². The van der Waals surface area contributed by atoms with Crippen molar-refractivity contribution in [3.05, 3.63) is 35.9 Å². The number of aromatic nitrogens is 3. The Kier molecular flexibility index (Phi) is 2.49. The highest BCUT2D eigenvalue weighted by atomic mass is 19.1. The van der Waals surface area contributed by atoms with Gasteiger partial charge in [0.05, 0.1) is 12.4 Å². The molecule has 2 aromatic rings. The summed E-state index contributed by atoms with van der Waals surface area (Å²) >= 11 is 0. The van der Waals surface area contributed by atoms with Crippen LogP contribution in [0.4, 0.5) is 16.0 Å². The second-order valence-corrected chi connectivity index (χ2v) is 3.02. The molecule has 0 radical (unpaired) electrons. The predicted molar refractivity (Wildman–Crippen MR) is 54.5 cm³/mol. The number of rotatable bonds is 3. The van der Waals surface area contributed by atoms with Crippen LogP contribution in [-0.4, -0.2) is 15.2 Å². The van der Waals surface area contributed by atoms with Crippen molar-refractivity contribution in [1.82, 2.24) is 15.2 Å². The summed E-state index contributed by atoms with van der Waals surface area (Å²) in [6.07, 6.45) is 2.78. The number of nitrogen functional groups attached to an aromatic ring is 1. The Balaban J connectivity index is 1.99. The van der Waals surface area contributed by atoms with Crippen molar-refractivity contribution in [2.45, 2.75) is 6.54 Å². The standard InChI is InChI=1S/C9H10FN5/c10-7-1-2-8(13-5-7)12-3-6-4-14-15-9(6)11/h1-2,4-5H,3H2,(H,12,13)(H3,11,14,15). The first-order valence-corrected chi connectivity index (χ1v) is 4.39. The highest BCUT2D eigenvalue weighted by Crippen LogP contribution is 2.09. The Morgan fingerprint density at radius 1 is 1.40 bits per heavy atom. The van der Waals surface area contributed by atoms with Gasteiger partial charge in [0.15, 0.2) is 0 Å². The highest BCUT2D eigenvalue weighted by Gasteiger charge is 2.01. The van der Waals surface area contributed by atoms with Gasteiger partial charge in [0.1, 0.15) is 17.5 Å². The fourth-order valence-corrected chi connectivity index (χ4v) is 1.13. The van der Waals surface area contributed by atoms with Crippen LogP contribution in [0.5, 0.6) is 0 Å². The molecule has 2 aromatic heterocycles. The molecular weight excluding hydrogens is 197 g/mol. The first kappa shape index (κ1) is 9.45. The molecule has 4 N–H and O–H groups in total. The number of nitrogens with zero attached hydrogens (tertiary/aromatic N) is 2. The summed E-state index contributed by atoms with van der Waals surface area (Å²) in [7, 11) is 0. The van der Waals surface area contributed by atoms with E-state index in [4.69, 9.17) is 5.73 Å². The van der Waals surface area contributed by atoms with Gasteiger partial charge in [0, 0.05) is 12.1 Å². The molecule has 6 heteroatoms. The molecule has 5 nitrogen and oxygen atoms in total. The van der Waals surface area contributed by atoms with E-state index in [1.807, 2.05) is 0 Å². The van der Waals surface area contributed by atoms with Gasteiger partial charge in [-0.2, -0.15) is 5.10 Å². The third kappa shape index (κ3) is 2.22. The summed E-state index contributed by atoms with van der Waals surface area (Å²) in [5.74, 6) is 0.755. The molecule has 2 rings (SSSR count). The molecule has 0 saturated carbocycles. The lowest BCUT2D eigenvalue weighted by Gasteiger charge is -2.03. The zero-order valence-corrected chi connectivity index (χ0v) is 7.87. The maximum Gasteiger partial charge on any atom is 0.141 e. The number of aromatic amines is 1. The Hall–Kier alpha value is -2.11. The summed E-state index contributed by atoms with van der Waals surface area (Å²) in [6.45, 7) is 0.501. The van der Waals surface area contributed by atoms with E-state index in [0.29, 0.717) is 18.2 Å². The number of hydrogen-bond acceptors (Lipinski definition) is 4. The maximum absolute atomic E-state index is 12.5. The molecule has 0 aromatic carbocycles. The fourth-order valence-electron chi connectivity index (χ4n) is 1.13. The van der Waals surface area contributed by atoms with Crippen LogP contribution in [0.25, 0.3) is 0 Å². The zero-order valence-electron chi connectivity index (χ0n) is 7.87. The zero-order chi connectivity index (χ0) is 10.7. The van der Waals surface area contributed by atoms with Crippen molar-refractivity contribution in [3.8, 4) is 0 Å². The lowest BCUT2D eigenvalue weighted by atomic mass is 10.3. The Bertz CT molecular complexity index is 436. The summed E-state index contributed by atoms with van der Waals surface area (Å²) in [5.41, 5.74) is 6.44. The first-order valence-electron chi connectivity index (χ1n) is 4.39. The quantitative estimate of drug-likeness (QED) is 0.705. The third-order valence-corrected chi connectivity index (χ3v) is 1.94. The van der Waals surface area contributed by atoms with Gasteiger partial charge in [0.2, 0.25) is 0 Å². The van der Waals surface area contributed by atoms with Gasteiger partial charge >= 0.3 is 0 Å². The minimum absolute atomic E-state index is 0.358. The van der Waals surface area contributed by atoms with E-state index in [9.17, 15) is 4.39 Å². The van der Waals surface area contributed by atoms with E-state index in [-0.39, 0.29) is 5.82 Å². The lowest BCUT2D eigenvalue weighted by Crippen LogP contribution is -2.02. The molecule has 78 valence electrons. The largest absolute Gasteiger partial charge is 0.384 e. The van der Waals surface area contributed by atoms with Crippen LogP contribution in [0, 0.1) is 5.82 Å². The van der Waals surface area contributed by atoms with E-state index >= 15 is 0 Å². The molecule has 15 heavy (non-hydrogen) atoms. The molecule has 0 unspecified atom stereocenters. The van der Waals surface area contributed by atoms with E-state index in [0.717, 1.165) is 11.8 Å². The van der Waals surface area contributed by atoms with Gasteiger partial charge in [-0.3, -0.25) is 5.10 Å². The number of hydrogen-bond donors (Lipinski definition) is 3. The maximum atomic E-state index is 12.5. The number of halogens is 1. The van der Waals surface area contributed by atoms with Crippen LogP contribution >= 0.6 is 0 Å². The number of H-pyrrole nitrogens is 1. The van der Waals surface area contributed by atoms with Crippen molar-refractivity contribution >= 4 is 11.6 Å². The van der Waals surface area contributed by atoms with Gasteiger partial charge in [-0.25, -0.2) is 9.37 Å². The SMILES string of the molecule is Nc1[nH]ncc1CNc1ccc(F)cn1. The van der Waals surface area contributed by atoms with E-state index < -0.39 is 0 Å². The molecule has 2 heterocycles. The van der Waals surface area contributed by atoms with Crippen molar-refractivity contribution in [3.63, 3.8) is 0 Å². The van der Waals surface area contributed by atoms with Gasteiger partial charge in [-0.05, 0) is 12.1 Å². The molecule has 0 fully saturated rings. The van der Waals surface area contributed by atoms with Crippen LogP contribution < -0.4 is 11.1 Å². The minimum Gasteiger partial charge on any atom is -0.384 e. The number of pyridine rings is 1. The second kappa shape index (κ2) is 3.95. The van der Waals surface area contributed by atoms with Gasteiger partial charge in [0.25, 0.3) is 0 Å². The molecule has 0 aliphatic carbocycles. The highest BCUT2D eigenvalue weighted by molar-refractivity contribution is 5.41. The van der Waals surface area contributed by atoms with Crippen LogP contribution in [-0.2, 0) is 6.54 Å². The third-order valence-electron chi connectivity index (χ3n) is 1.94. The van der Waals surface area contributed by atoms with Crippen molar-refractivity contribution in [2.75, 3.05) is 11.1 Å². The predicted octanol–water partition coefficient (Wildman–Crippen LogP) is 1.14. The molecule has 0 bridgehead atoms. The molecule has 0 amide bonds. The summed E-state index contributed by atoms with van der Waals surface area (Å²) in [6, 6.07) is 2.90. The average molecular weight is 207 g/mol. The smallest absolute Gasteiger partial charge is 0.141 e. The topological polar surface area (TPSA) is 79.6 Å². The Morgan fingerprint density at radius 2 is 2.27 bits per heavy atom.